The fraction of sp³-hybridized carbons (Fsp3) is 0.510. The van der Waals surface area contributed by atoms with Crippen molar-refractivity contribution in [3.63, 3.8) is 0 Å². The Hall–Kier alpha value is -2.72. The summed E-state index contributed by atoms with van der Waals surface area (Å²) in [6.45, 7) is 14.1. The number of ether oxygens (including phenoxy) is 2. The Morgan fingerprint density at radius 1 is 0.707 bits per heavy atom. The fourth-order valence-electron chi connectivity index (χ4n) is 8.51. The number of hydrogen-bond acceptors (Lipinski definition) is 5. The average molecular weight is 922 g/mol. The van der Waals surface area contributed by atoms with E-state index in [-0.39, 0.29) is 28.3 Å². The van der Waals surface area contributed by atoms with Gasteiger partial charge < -0.3 is 14.8 Å². The van der Waals surface area contributed by atoms with Crippen LogP contribution < -0.4 is 20.1 Å². The van der Waals surface area contributed by atoms with Crippen molar-refractivity contribution in [3.05, 3.63) is 95.6 Å². The predicted octanol–water partition coefficient (Wildman–Crippen LogP) is 13.2. The molecule has 2 saturated carbocycles. The van der Waals surface area contributed by atoms with E-state index in [1.807, 2.05) is 51.6 Å². The molecule has 322 valence electrons. The molecule has 2 N–H and O–H groups in total. The second-order valence-corrected chi connectivity index (χ2v) is 20.7. The number of nitrogens with one attached hydrogen (secondary N) is 1. The van der Waals surface area contributed by atoms with Crippen molar-refractivity contribution < 1.29 is 42.9 Å². The van der Waals surface area contributed by atoms with Crippen molar-refractivity contribution in [2.45, 2.75) is 135 Å². The van der Waals surface area contributed by atoms with E-state index >= 15 is 0 Å². The van der Waals surface area contributed by atoms with Crippen LogP contribution in [0.3, 0.4) is 0 Å². The summed E-state index contributed by atoms with van der Waals surface area (Å²) in [5, 5.41) is 4.69. The molecule has 2 aliphatic rings. The second kappa shape index (κ2) is 23.9. The van der Waals surface area contributed by atoms with E-state index in [9.17, 15) is 8.42 Å². The molecule has 0 unspecified atom stereocenters. The standard InChI is InChI=1S/C35H53O2P.C13H12N.CH4O3S.Pd/c1-23(2)26-21-29(24(3)4)33(30(22-26)25(5)6)34-31(36-7)19-20-32(37-8)35(34)38(27-15-11-9-12-16-27)28-17-13-10-14-18-28;1-14-13-10-6-5-9-12(13)11-7-3-2-4-8-11;1-5(2,3)4;/h19-25,27-28H,9-18H2,1-8H3;2-7,9-10,14H,1H3;1H3,(H,2,3,4);/q;-1;;. The largest absolute Gasteiger partial charge is 0.496 e. The molecule has 6 nitrogen and oxygen atoms in total. The van der Waals surface area contributed by atoms with Crippen LogP contribution in [0.15, 0.2) is 72.8 Å². The third-order valence-corrected chi connectivity index (χ3v) is 14.9. The van der Waals surface area contributed by atoms with E-state index in [4.69, 9.17) is 14.0 Å². The first-order valence-electron chi connectivity index (χ1n) is 21.1. The number of methoxy groups -OCH3 is 2. The summed E-state index contributed by atoms with van der Waals surface area (Å²) in [5.74, 6) is 3.50. The number of hydrogen-bond donors (Lipinski definition) is 2. The summed E-state index contributed by atoms with van der Waals surface area (Å²) in [6.07, 6.45) is 14.6. The molecule has 0 spiro atoms. The van der Waals surface area contributed by atoms with Gasteiger partial charge in [-0.2, -0.15) is 8.42 Å². The summed E-state index contributed by atoms with van der Waals surface area (Å²) in [6, 6.07) is 28.8. The zero-order valence-corrected chi connectivity index (χ0v) is 39.9. The van der Waals surface area contributed by atoms with Crippen LogP contribution in [-0.2, 0) is 30.5 Å². The smallest absolute Gasteiger partial charge is 0.261 e. The van der Waals surface area contributed by atoms with Gasteiger partial charge in [0.15, 0.2) is 0 Å². The summed E-state index contributed by atoms with van der Waals surface area (Å²) in [7, 11) is 1.65. The van der Waals surface area contributed by atoms with Gasteiger partial charge in [-0.05, 0) is 101 Å². The molecule has 0 atom stereocenters. The third-order valence-electron chi connectivity index (χ3n) is 11.3. The number of para-hydroxylation sites is 1. The van der Waals surface area contributed by atoms with Gasteiger partial charge in [0.25, 0.3) is 10.1 Å². The number of anilines is 1. The second-order valence-electron chi connectivity index (χ2n) is 16.5. The van der Waals surface area contributed by atoms with E-state index in [1.54, 1.807) is 0 Å². The van der Waals surface area contributed by atoms with Crippen molar-refractivity contribution in [1.29, 1.82) is 0 Å². The van der Waals surface area contributed by atoms with Gasteiger partial charge in [-0.25, -0.2) is 0 Å². The van der Waals surface area contributed by atoms with Crippen LogP contribution in [0.1, 0.15) is 140 Å². The van der Waals surface area contributed by atoms with Crippen molar-refractivity contribution in [3.8, 4) is 33.8 Å². The quantitative estimate of drug-likeness (QED) is 0.0675. The van der Waals surface area contributed by atoms with Crippen LogP contribution in [0, 0.1) is 6.07 Å². The minimum atomic E-state index is -3.67. The Morgan fingerprint density at radius 2 is 1.19 bits per heavy atom. The van der Waals surface area contributed by atoms with Crippen LogP contribution in [0.2, 0.25) is 0 Å². The summed E-state index contributed by atoms with van der Waals surface area (Å²) >= 11 is 0. The van der Waals surface area contributed by atoms with Gasteiger partial charge in [0.05, 0.1) is 20.5 Å². The molecule has 4 aromatic rings. The molecule has 58 heavy (non-hydrogen) atoms. The third kappa shape index (κ3) is 13.7. The maximum absolute atomic E-state index is 9.19. The topological polar surface area (TPSA) is 84.9 Å². The van der Waals surface area contributed by atoms with Crippen LogP contribution in [0.25, 0.3) is 22.3 Å². The minimum Gasteiger partial charge on any atom is -0.496 e. The Bertz CT molecular complexity index is 1900. The molecule has 9 heteroatoms. The van der Waals surface area contributed by atoms with Crippen molar-refractivity contribution in [1.82, 2.24) is 0 Å². The predicted molar refractivity (Wildman–Crippen MR) is 245 cm³/mol. The van der Waals surface area contributed by atoms with E-state index in [0.717, 1.165) is 34.1 Å². The Morgan fingerprint density at radius 3 is 1.62 bits per heavy atom. The van der Waals surface area contributed by atoms with Crippen LogP contribution >= 0.6 is 7.92 Å². The van der Waals surface area contributed by atoms with Crippen LogP contribution in [0.4, 0.5) is 5.69 Å². The first kappa shape index (κ1) is 49.6. The van der Waals surface area contributed by atoms with E-state index in [0.29, 0.717) is 24.0 Å². The molecule has 0 aliphatic heterocycles. The van der Waals surface area contributed by atoms with Crippen molar-refractivity contribution in [2.75, 3.05) is 32.8 Å². The minimum absolute atomic E-state index is 0. The van der Waals surface area contributed by atoms with E-state index in [1.165, 1.54) is 103 Å². The van der Waals surface area contributed by atoms with Gasteiger partial charge >= 0.3 is 0 Å². The summed E-state index contributed by atoms with van der Waals surface area (Å²) < 4.78 is 38.4. The van der Waals surface area contributed by atoms with Gasteiger partial charge in [0.1, 0.15) is 11.5 Å². The molecule has 0 amide bonds. The molecule has 0 heterocycles. The van der Waals surface area contributed by atoms with Gasteiger partial charge in [-0.15, -0.1) is 35.9 Å². The molecular weight excluding hydrogens is 852 g/mol. The fourth-order valence-corrected chi connectivity index (χ4v) is 12.6. The van der Waals surface area contributed by atoms with Crippen molar-refractivity contribution in [2.24, 2.45) is 0 Å². The average Bonchev–Trinajstić information content (AvgIpc) is 3.21. The first-order chi connectivity index (χ1) is 27.2. The van der Waals surface area contributed by atoms with Gasteiger partial charge in [-0.3, -0.25) is 4.55 Å². The molecule has 0 saturated heterocycles. The van der Waals surface area contributed by atoms with Gasteiger partial charge in [-0.1, -0.05) is 124 Å². The molecular formula is C49H69NO5PPdS-. The van der Waals surface area contributed by atoms with Crippen molar-refractivity contribution >= 4 is 29.0 Å². The maximum Gasteiger partial charge on any atom is 0.261 e. The molecule has 4 aromatic carbocycles. The Kier molecular flexibility index (Phi) is 20.5. The zero-order valence-electron chi connectivity index (χ0n) is 36.6. The van der Waals surface area contributed by atoms with E-state index in [2.05, 4.69) is 95.4 Å². The Balaban J connectivity index is 0.000000370. The molecule has 0 aromatic heterocycles. The van der Waals surface area contributed by atoms with Gasteiger partial charge in [0, 0.05) is 38.3 Å². The zero-order chi connectivity index (χ0) is 41.7. The normalized spacial score (nSPS) is 14.9. The van der Waals surface area contributed by atoms with Gasteiger partial charge in [0.2, 0.25) is 0 Å². The van der Waals surface area contributed by atoms with E-state index < -0.39 is 10.1 Å². The molecule has 2 aliphatic carbocycles. The number of rotatable bonds is 11. The van der Waals surface area contributed by atoms with Crippen LogP contribution in [-0.4, -0.2) is 51.8 Å². The SMILES string of the molecule is CNc1ccccc1-c1[c-]cccc1.COc1ccc(OC)c(P(C2CCCCC2)C2CCCCC2)c1-c1c(C(C)C)cc(C(C)C)cc1C(C)C.CS(=O)(=O)O.[Pd]. The molecule has 2 fully saturated rings. The molecule has 6 rings (SSSR count). The number of benzene rings is 4. The summed E-state index contributed by atoms with van der Waals surface area (Å²) in [5.41, 5.74) is 12.2. The monoisotopic (exact) mass is 920 g/mol. The molecule has 0 radical (unpaired) electrons. The molecule has 0 bridgehead atoms. The summed E-state index contributed by atoms with van der Waals surface area (Å²) in [4.78, 5) is 0. The Labute approximate surface area is 366 Å². The maximum atomic E-state index is 9.19. The first-order valence-corrected chi connectivity index (χ1v) is 24.4. The van der Waals surface area contributed by atoms with Crippen LogP contribution in [0.5, 0.6) is 11.5 Å².